The second-order valence-electron chi connectivity index (χ2n) is 6.36. The number of amides is 1. The predicted octanol–water partition coefficient (Wildman–Crippen LogP) is 2.56. The number of fused-ring (bicyclic) bond motifs is 1. The number of hydrogen-bond acceptors (Lipinski definition) is 6. The van der Waals surface area contributed by atoms with Crippen molar-refractivity contribution in [3.63, 3.8) is 0 Å². The molecule has 0 fully saturated rings. The summed E-state index contributed by atoms with van der Waals surface area (Å²) in [5.74, 6) is -0.275. The quantitative estimate of drug-likeness (QED) is 0.692. The molecule has 3 aromatic rings. The van der Waals surface area contributed by atoms with Gasteiger partial charge in [0.2, 0.25) is 5.91 Å². The van der Waals surface area contributed by atoms with Crippen LogP contribution in [0.3, 0.4) is 0 Å². The van der Waals surface area contributed by atoms with Crippen LogP contribution in [0.2, 0.25) is 0 Å². The van der Waals surface area contributed by atoms with Crippen LogP contribution in [0, 0.1) is 25.2 Å². The number of nitriles is 1. The summed E-state index contributed by atoms with van der Waals surface area (Å²) in [4.78, 5) is 31.2. The van der Waals surface area contributed by atoms with Crippen LogP contribution in [-0.4, -0.2) is 32.6 Å². The summed E-state index contributed by atoms with van der Waals surface area (Å²) in [6, 6.07) is 9.47. The van der Waals surface area contributed by atoms with E-state index in [0.29, 0.717) is 11.3 Å². The highest BCUT2D eigenvalue weighted by atomic mass is 32.1. The fourth-order valence-corrected chi connectivity index (χ4v) is 3.76. The number of hydrogen-bond donors (Lipinski definition) is 0. The van der Waals surface area contributed by atoms with Crippen molar-refractivity contribution in [2.24, 2.45) is 0 Å². The summed E-state index contributed by atoms with van der Waals surface area (Å²) in [6.45, 7) is 5.06. The molecule has 7 nitrogen and oxygen atoms in total. The molecule has 0 aliphatic heterocycles. The van der Waals surface area contributed by atoms with Gasteiger partial charge in [-0.15, -0.1) is 11.3 Å². The molecule has 1 aromatic carbocycles. The number of aryl methyl sites for hydroxylation is 1. The molecule has 27 heavy (non-hydrogen) atoms. The third-order valence-corrected chi connectivity index (χ3v) is 5.88. The predicted molar refractivity (Wildman–Crippen MR) is 103 cm³/mol. The molecule has 8 heteroatoms. The molecule has 0 aliphatic rings. The zero-order valence-electron chi connectivity index (χ0n) is 15.6. The van der Waals surface area contributed by atoms with Gasteiger partial charge in [0.1, 0.15) is 23.2 Å². The lowest BCUT2D eigenvalue weighted by atomic mass is 10.1. The van der Waals surface area contributed by atoms with E-state index in [1.54, 1.807) is 25.8 Å². The fraction of sp³-hybridized carbons (Fsp3) is 0.316. The maximum absolute atomic E-state index is 12.7. The monoisotopic (exact) mass is 381 g/mol. The topological polar surface area (TPSA) is 91.9 Å². The van der Waals surface area contributed by atoms with E-state index in [9.17, 15) is 14.9 Å². The highest BCUT2D eigenvalue weighted by Gasteiger charge is 2.22. The standard InChI is InChI=1S/C19H19N5O2S/c1-11-12(2)22-24(19(26)14(11)9-20)10-17(25)23(4)13(3)18-21-15-7-5-6-8-16(15)27-18/h5-8,13H,10H2,1-4H3/t13-/m0/s1. The Kier molecular flexibility index (Phi) is 5.06. The van der Waals surface area contributed by atoms with Crippen LogP contribution in [0.15, 0.2) is 29.1 Å². The fourth-order valence-electron chi connectivity index (χ4n) is 2.70. The summed E-state index contributed by atoms with van der Waals surface area (Å²) >= 11 is 1.54. The Labute approximate surface area is 160 Å². The van der Waals surface area contributed by atoms with Crippen molar-refractivity contribution in [1.29, 1.82) is 5.26 Å². The molecule has 2 aromatic heterocycles. The molecular formula is C19H19N5O2S. The first-order chi connectivity index (χ1) is 12.8. The van der Waals surface area contributed by atoms with Gasteiger partial charge in [-0.25, -0.2) is 9.67 Å². The smallest absolute Gasteiger partial charge is 0.285 e. The maximum Gasteiger partial charge on any atom is 0.285 e. The molecular weight excluding hydrogens is 362 g/mol. The van der Waals surface area contributed by atoms with Gasteiger partial charge in [0.15, 0.2) is 0 Å². The van der Waals surface area contributed by atoms with Crippen molar-refractivity contribution in [1.82, 2.24) is 19.7 Å². The summed E-state index contributed by atoms with van der Waals surface area (Å²) in [5.41, 5.74) is 1.48. The Balaban J connectivity index is 1.85. The molecule has 0 N–H and O–H groups in total. The number of para-hydroxylation sites is 1. The average Bonchev–Trinajstić information content (AvgIpc) is 3.09. The summed E-state index contributed by atoms with van der Waals surface area (Å²) in [7, 11) is 1.68. The van der Waals surface area contributed by atoms with Gasteiger partial charge in [-0.2, -0.15) is 10.4 Å². The third-order valence-electron chi connectivity index (χ3n) is 4.68. The molecule has 0 bridgehead atoms. The number of aromatic nitrogens is 3. The van der Waals surface area contributed by atoms with E-state index < -0.39 is 5.56 Å². The van der Waals surface area contributed by atoms with Crippen molar-refractivity contribution >= 4 is 27.5 Å². The highest BCUT2D eigenvalue weighted by Crippen LogP contribution is 2.28. The van der Waals surface area contributed by atoms with Gasteiger partial charge < -0.3 is 4.90 Å². The second-order valence-corrected chi connectivity index (χ2v) is 7.42. The van der Waals surface area contributed by atoms with E-state index in [1.165, 1.54) is 11.3 Å². The molecule has 0 saturated carbocycles. The van der Waals surface area contributed by atoms with Gasteiger partial charge in [-0.3, -0.25) is 9.59 Å². The lowest BCUT2D eigenvalue weighted by Crippen LogP contribution is -2.37. The largest absolute Gasteiger partial charge is 0.335 e. The van der Waals surface area contributed by atoms with E-state index in [4.69, 9.17) is 0 Å². The number of likely N-dealkylation sites (N-methyl/N-ethyl adjacent to an activating group) is 1. The van der Waals surface area contributed by atoms with Gasteiger partial charge in [0.05, 0.1) is 22.0 Å². The van der Waals surface area contributed by atoms with Gasteiger partial charge in [0.25, 0.3) is 5.56 Å². The van der Waals surface area contributed by atoms with E-state index >= 15 is 0 Å². The number of carbonyl (C=O) groups excluding carboxylic acids is 1. The number of carbonyl (C=O) groups is 1. The van der Waals surface area contributed by atoms with Crippen molar-refractivity contribution < 1.29 is 4.79 Å². The van der Waals surface area contributed by atoms with Crippen LogP contribution in [0.25, 0.3) is 10.2 Å². The molecule has 1 amide bonds. The minimum atomic E-state index is -0.546. The van der Waals surface area contributed by atoms with E-state index in [2.05, 4.69) is 10.1 Å². The first kappa shape index (κ1) is 18.7. The number of rotatable bonds is 4. The Morgan fingerprint density at radius 2 is 2.07 bits per heavy atom. The van der Waals surface area contributed by atoms with Crippen LogP contribution in [0.5, 0.6) is 0 Å². The third kappa shape index (κ3) is 3.46. The summed E-state index contributed by atoms with van der Waals surface area (Å²) < 4.78 is 2.12. The molecule has 0 aliphatic carbocycles. The molecule has 1 atom stereocenters. The average molecular weight is 381 g/mol. The lowest BCUT2D eigenvalue weighted by molar-refractivity contribution is -0.132. The van der Waals surface area contributed by atoms with Gasteiger partial charge in [0, 0.05) is 7.05 Å². The molecule has 138 valence electrons. The molecule has 0 unspecified atom stereocenters. The number of benzene rings is 1. The van der Waals surface area contributed by atoms with Crippen LogP contribution in [-0.2, 0) is 11.3 Å². The van der Waals surface area contributed by atoms with Crippen molar-refractivity contribution in [3.05, 3.63) is 56.4 Å². The Morgan fingerprint density at radius 1 is 1.37 bits per heavy atom. The van der Waals surface area contributed by atoms with Crippen LogP contribution in [0.1, 0.15) is 34.8 Å². The zero-order chi connectivity index (χ0) is 19.7. The van der Waals surface area contributed by atoms with Crippen molar-refractivity contribution in [2.75, 3.05) is 7.05 Å². The first-order valence-electron chi connectivity index (χ1n) is 8.43. The molecule has 0 radical (unpaired) electrons. The van der Waals surface area contributed by atoms with Crippen LogP contribution >= 0.6 is 11.3 Å². The minimum absolute atomic E-state index is 0.0252. The number of nitrogens with zero attached hydrogens (tertiary/aromatic N) is 5. The maximum atomic E-state index is 12.7. The highest BCUT2D eigenvalue weighted by molar-refractivity contribution is 7.18. The van der Waals surface area contributed by atoms with Crippen molar-refractivity contribution in [3.8, 4) is 6.07 Å². The van der Waals surface area contributed by atoms with E-state index in [-0.39, 0.29) is 24.1 Å². The lowest BCUT2D eigenvalue weighted by Gasteiger charge is -2.23. The zero-order valence-corrected chi connectivity index (χ0v) is 16.4. The minimum Gasteiger partial charge on any atom is -0.335 e. The molecule has 0 spiro atoms. The normalized spacial score (nSPS) is 12.0. The Bertz CT molecular complexity index is 1090. The summed E-state index contributed by atoms with van der Waals surface area (Å²) in [6.07, 6.45) is 0. The summed E-state index contributed by atoms with van der Waals surface area (Å²) in [5, 5.41) is 14.2. The van der Waals surface area contributed by atoms with Crippen molar-refractivity contribution in [2.45, 2.75) is 33.4 Å². The first-order valence-corrected chi connectivity index (χ1v) is 9.24. The molecule has 0 saturated heterocycles. The van der Waals surface area contributed by atoms with Crippen LogP contribution < -0.4 is 5.56 Å². The Morgan fingerprint density at radius 3 is 2.74 bits per heavy atom. The van der Waals surface area contributed by atoms with Gasteiger partial charge in [-0.05, 0) is 38.5 Å². The molecule has 2 heterocycles. The van der Waals surface area contributed by atoms with E-state index in [0.717, 1.165) is 19.9 Å². The Hall–Kier alpha value is -3.05. The second kappa shape index (κ2) is 7.29. The molecule has 3 rings (SSSR count). The van der Waals surface area contributed by atoms with Gasteiger partial charge >= 0.3 is 0 Å². The van der Waals surface area contributed by atoms with E-state index in [1.807, 2.05) is 37.3 Å². The SMILES string of the molecule is Cc1nn(CC(=O)N(C)[C@@H](C)c2nc3ccccc3s2)c(=O)c(C#N)c1C. The number of thiazole rings is 1. The van der Waals surface area contributed by atoms with Gasteiger partial charge in [-0.1, -0.05) is 12.1 Å². The van der Waals surface area contributed by atoms with Crippen LogP contribution in [0.4, 0.5) is 0 Å².